The number of hydrogen-bond acceptors (Lipinski definition) is 5. The number of carbonyl (C=O) groups excluding carboxylic acids is 2. The highest BCUT2D eigenvalue weighted by molar-refractivity contribution is 8.14. The van der Waals surface area contributed by atoms with E-state index in [0.29, 0.717) is 12.3 Å². The zero-order valence-corrected chi connectivity index (χ0v) is 14.5. The van der Waals surface area contributed by atoms with Gasteiger partial charge in [-0.3, -0.25) is 4.79 Å². The summed E-state index contributed by atoms with van der Waals surface area (Å²) < 4.78 is 4.75. The number of amides is 1. The Kier molecular flexibility index (Phi) is 6.21. The number of carbonyl (C=O) groups is 2. The minimum Gasteiger partial charge on any atom is -0.467 e. The fraction of sp³-hybridized carbons (Fsp3) is 0.471. The number of esters is 1. The van der Waals surface area contributed by atoms with E-state index < -0.39 is 12.0 Å². The molecule has 23 heavy (non-hydrogen) atoms. The second-order valence-electron chi connectivity index (χ2n) is 5.87. The maximum atomic E-state index is 12.1. The highest BCUT2D eigenvalue weighted by atomic mass is 32.2. The lowest BCUT2D eigenvalue weighted by Crippen LogP contribution is -2.43. The minimum atomic E-state index is -0.587. The third kappa shape index (κ3) is 5.10. The van der Waals surface area contributed by atoms with Gasteiger partial charge in [0.15, 0.2) is 0 Å². The molecule has 0 saturated heterocycles. The summed E-state index contributed by atoms with van der Waals surface area (Å²) >= 11 is 1.41. The highest BCUT2D eigenvalue weighted by Crippen LogP contribution is 2.29. The largest absolute Gasteiger partial charge is 0.467 e. The molecule has 0 spiro atoms. The monoisotopic (exact) mass is 334 g/mol. The lowest BCUT2D eigenvalue weighted by Gasteiger charge is -2.18. The molecule has 6 heteroatoms. The van der Waals surface area contributed by atoms with E-state index in [1.807, 2.05) is 38.1 Å². The molecule has 0 fully saturated rings. The van der Waals surface area contributed by atoms with E-state index >= 15 is 0 Å². The van der Waals surface area contributed by atoms with Crippen molar-refractivity contribution in [3.05, 3.63) is 29.8 Å². The number of fused-ring (bicyclic) bond motifs is 1. The summed E-state index contributed by atoms with van der Waals surface area (Å²) in [6.45, 7) is 4.00. The number of methoxy groups -OCH3 is 1. The smallest absolute Gasteiger partial charge is 0.328 e. The molecule has 1 N–H and O–H groups in total. The number of ether oxygens (including phenoxy) is 1. The fourth-order valence-corrected chi connectivity index (χ4v) is 3.20. The van der Waals surface area contributed by atoms with Crippen LogP contribution in [-0.2, 0) is 20.7 Å². The van der Waals surface area contributed by atoms with E-state index in [4.69, 9.17) is 4.74 Å². The number of aliphatic imine (C=N–C) groups is 1. The van der Waals surface area contributed by atoms with Crippen LogP contribution in [0.25, 0.3) is 0 Å². The van der Waals surface area contributed by atoms with Gasteiger partial charge in [-0.1, -0.05) is 32.0 Å². The predicted molar refractivity (Wildman–Crippen MR) is 93.1 cm³/mol. The van der Waals surface area contributed by atoms with Crippen molar-refractivity contribution in [2.24, 2.45) is 10.9 Å². The van der Waals surface area contributed by atoms with Crippen molar-refractivity contribution in [1.82, 2.24) is 5.32 Å². The molecule has 0 unspecified atom stereocenters. The number of nitrogens with one attached hydrogen (secondary N) is 1. The second-order valence-corrected chi connectivity index (χ2v) is 6.92. The molecule has 0 saturated carbocycles. The van der Waals surface area contributed by atoms with Crippen LogP contribution in [0, 0.1) is 5.92 Å². The average Bonchev–Trinajstić information content (AvgIpc) is 2.94. The Morgan fingerprint density at radius 3 is 2.74 bits per heavy atom. The van der Waals surface area contributed by atoms with Crippen LogP contribution in [0.1, 0.15) is 25.8 Å². The molecular weight excluding hydrogens is 312 g/mol. The van der Waals surface area contributed by atoms with Gasteiger partial charge in [0.1, 0.15) is 6.04 Å². The van der Waals surface area contributed by atoms with Crippen molar-refractivity contribution >= 4 is 34.4 Å². The Bertz CT molecular complexity index is 614. The molecule has 0 aliphatic carbocycles. The molecule has 124 valence electrons. The third-order valence-electron chi connectivity index (χ3n) is 3.48. The lowest BCUT2D eigenvalue weighted by molar-refractivity contribution is -0.145. The van der Waals surface area contributed by atoms with Gasteiger partial charge < -0.3 is 10.1 Å². The summed E-state index contributed by atoms with van der Waals surface area (Å²) in [5.41, 5.74) is 2.16. The summed E-state index contributed by atoms with van der Waals surface area (Å²) in [6, 6.07) is 7.37. The topological polar surface area (TPSA) is 67.8 Å². The van der Waals surface area contributed by atoms with Crippen molar-refractivity contribution < 1.29 is 14.3 Å². The first-order valence-electron chi connectivity index (χ1n) is 7.65. The zero-order valence-electron chi connectivity index (χ0n) is 13.7. The summed E-state index contributed by atoms with van der Waals surface area (Å²) in [5, 5.41) is 3.69. The Balaban J connectivity index is 1.84. The zero-order chi connectivity index (χ0) is 16.8. The summed E-state index contributed by atoms with van der Waals surface area (Å²) in [4.78, 5) is 28.3. The summed E-state index contributed by atoms with van der Waals surface area (Å²) in [6.07, 6.45) is 1.33. The Hall–Kier alpha value is -1.82. The lowest BCUT2D eigenvalue weighted by atomic mass is 10.0. The standard InChI is InChI=1S/C17H22N2O3S/c1-11(2)8-14(17(21)22-3)18-15(20)10-23-16-9-12-6-4-5-7-13(12)19-16/h4-7,11,14H,8-10H2,1-3H3,(H,18,20)/t14-/m0/s1. The third-order valence-corrected chi connectivity index (χ3v) is 4.45. The number of para-hydroxylation sites is 1. The molecule has 5 nitrogen and oxygen atoms in total. The van der Waals surface area contributed by atoms with Crippen LogP contribution in [-0.4, -0.2) is 35.8 Å². The Labute approximate surface area is 140 Å². The van der Waals surface area contributed by atoms with Crippen molar-refractivity contribution in [3.63, 3.8) is 0 Å². The molecule has 0 aromatic heterocycles. The van der Waals surface area contributed by atoms with Crippen LogP contribution >= 0.6 is 11.8 Å². The van der Waals surface area contributed by atoms with E-state index in [1.165, 1.54) is 24.4 Å². The first-order valence-corrected chi connectivity index (χ1v) is 8.63. The number of rotatable bonds is 6. The van der Waals surface area contributed by atoms with Gasteiger partial charge in [-0.05, 0) is 24.0 Å². The SMILES string of the molecule is COC(=O)[C@H](CC(C)C)NC(=O)CSC1=Nc2ccccc2C1. The molecule has 1 aliphatic rings. The van der Waals surface area contributed by atoms with Crippen LogP contribution < -0.4 is 5.32 Å². The van der Waals surface area contributed by atoms with Crippen molar-refractivity contribution in [2.45, 2.75) is 32.7 Å². The van der Waals surface area contributed by atoms with Gasteiger partial charge >= 0.3 is 5.97 Å². The number of hydrogen-bond donors (Lipinski definition) is 1. The molecule has 0 bridgehead atoms. The second kappa shape index (κ2) is 8.15. The summed E-state index contributed by atoms with van der Waals surface area (Å²) in [5.74, 6) is -0.0357. The van der Waals surface area contributed by atoms with Gasteiger partial charge in [-0.15, -0.1) is 11.8 Å². The van der Waals surface area contributed by atoms with Crippen LogP contribution in [0.4, 0.5) is 5.69 Å². The van der Waals surface area contributed by atoms with E-state index in [2.05, 4.69) is 10.3 Å². The van der Waals surface area contributed by atoms with Crippen LogP contribution in [0.15, 0.2) is 29.3 Å². The highest BCUT2D eigenvalue weighted by Gasteiger charge is 2.23. The summed E-state index contributed by atoms with van der Waals surface area (Å²) in [7, 11) is 1.33. The van der Waals surface area contributed by atoms with E-state index in [1.54, 1.807) is 0 Å². The van der Waals surface area contributed by atoms with E-state index in [0.717, 1.165) is 17.2 Å². The normalized spacial score (nSPS) is 14.2. The first-order chi connectivity index (χ1) is 11.0. The first kappa shape index (κ1) is 17.5. The molecule has 1 aromatic carbocycles. The van der Waals surface area contributed by atoms with Crippen molar-refractivity contribution in [2.75, 3.05) is 12.9 Å². The number of nitrogens with zero attached hydrogens (tertiary/aromatic N) is 1. The molecular formula is C17H22N2O3S. The number of thioether (sulfide) groups is 1. The molecule has 1 amide bonds. The molecule has 1 atom stereocenters. The Morgan fingerprint density at radius 2 is 2.09 bits per heavy atom. The maximum absolute atomic E-state index is 12.1. The Morgan fingerprint density at radius 1 is 1.35 bits per heavy atom. The molecule has 0 radical (unpaired) electrons. The van der Waals surface area contributed by atoms with Crippen LogP contribution in [0.2, 0.25) is 0 Å². The van der Waals surface area contributed by atoms with Gasteiger partial charge in [0.25, 0.3) is 0 Å². The molecule has 1 aromatic rings. The predicted octanol–water partition coefficient (Wildman–Crippen LogP) is 2.71. The van der Waals surface area contributed by atoms with Crippen LogP contribution in [0.3, 0.4) is 0 Å². The molecule has 1 aliphatic heterocycles. The quantitative estimate of drug-likeness (QED) is 0.812. The van der Waals surface area contributed by atoms with E-state index in [9.17, 15) is 9.59 Å². The van der Waals surface area contributed by atoms with Crippen molar-refractivity contribution in [3.8, 4) is 0 Å². The molecule has 2 rings (SSSR count). The minimum absolute atomic E-state index is 0.176. The average molecular weight is 334 g/mol. The number of benzene rings is 1. The van der Waals surface area contributed by atoms with Crippen LogP contribution in [0.5, 0.6) is 0 Å². The van der Waals surface area contributed by atoms with Gasteiger partial charge in [0.05, 0.1) is 23.6 Å². The van der Waals surface area contributed by atoms with Gasteiger partial charge in [0.2, 0.25) is 5.91 Å². The maximum Gasteiger partial charge on any atom is 0.328 e. The van der Waals surface area contributed by atoms with Crippen molar-refractivity contribution in [1.29, 1.82) is 0 Å². The van der Waals surface area contributed by atoms with Gasteiger partial charge in [-0.25, -0.2) is 9.79 Å². The van der Waals surface area contributed by atoms with Gasteiger partial charge in [-0.2, -0.15) is 0 Å². The van der Waals surface area contributed by atoms with E-state index in [-0.39, 0.29) is 11.7 Å². The molecule has 1 heterocycles. The fourth-order valence-electron chi connectivity index (χ4n) is 2.40. The van der Waals surface area contributed by atoms with Gasteiger partial charge in [0, 0.05) is 6.42 Å².